The van der Waals surface area contributed by atoms with E-state index in [0.717, 1.165) is 0 Å². The fraction of sp³-hybridized carbons (Fsp3) is 0.750. The molecule has 0 aromatic carbocycles. The summed E-state index contributed by atoms with van der Waals surface area (Å²) >= 11 is 0. The summed E-state index contributed by atoms with van der Waals surface area (Å²) in [6.07, 6.45) is 1.47. The summed E-state index contributed by atoms with van der Waals surface area (Å²) < 4.78 is 29.9. The van der Waals surface area contributed by atoms with Gasteiger partial charge in [-0.15, -0.1) is 0 Å². The van der Waals surface area contributed by atoms with Crippen LogP contribution < -0.4 is 0 Å². The van der Waals surface area contributed by atoms with Crippen LogP contribution in [0.25, 0.3) is 0 Å². The van der Waals surface area contributed by atoms with E-state index in [1.54, 1.807) is 4.57 Å². The number of imidazole rings is 1. The molecule has 0 aliphatic carbocycles. The van der Waals surface area contributed by atoms with Crippen LogP contribution >= 0.6 is 10.7 Å². The molecule has 0 aliphatic heterocycles. The van der Waals surface area contributed by atoms with Crippen molar-refractivity contribution in [3.8, 4) is 0 Å². The topological polar surface area (TPSA) is 61.2 Å². The van der Waals surface area contributed by atoms with Gasteiger partial charge in [-0.3, -0.25) is 0 Å². The Morgan fingerprint density at radius 1 is 1.37 bits per heavy atom. The predicted octanol–water partition coefficient (Wildman–Crippen LogP) is 2.61. The van der Waals surface area contributed by atoms with E-state index in [9.17, 15) is 8.42 Å². The zero-order valence-corrected chi connectivity index (χ0v) is 13.3. The van der Waals surface area contributed by atoms with Crippen LogP contribution in [0.1, 0.15) is 39.4 Å². The highest BCUT2D eigenvalue weighted by Crippen LogP contribution is 2.19. The molecule has 0 saturated carbocycles. The van der Waals surface area contributed by atoms with Crippen molar-refractivity contribution in [3.05, 3.63) is 12.0 Å². The van der Waals surface area contributed by atoms with Crippen LogP contribution in [-0.4, -0.2) is 31.2 Å². The predicted molar refractivity (Wildman–Crippen MR) is 75.0 cm³/mol. The number of halogens is 1. The Morgan fingerprint density at radius 2 is 2.00 bits per heavy atom. The smallest absolute Gasteiger partial charge is 0.280 e. The second kappa shape index (κ2) is 6.72. The maximum absolute atomic E-state index is 11.3. The SMILES string of the molecule is CC(C)COCCn1cc(S(=O)(=O)Cl)nc1C(C)C. The third-order valence-electron chi connectivity index (χ3n) is 2.48. The van der Waals surface area contributed by atoms with Crippen LogP contribution in [0.3, 0.4) is 0 Å². The quantitative estimate of drug-likeness (QED) is 0.574. The van der Waals surface area contributed by atoms with E-state index in [-0.39, 0.29) is 10.9 Å². The fourth-order valence-corrected chi connectivity index (χ4v) is 2.32. The second-order valence-corrected chi connectivity index (χ2v) is 7.70. The van der Waals surface area contributed by atoms with Gasteiger partial charge in [0.1, 0.15) is 5.82 Å². The van der Waals surface area contributed by atoms with Crippen molar-refractivity contribution >= 4 is 19.7 Å². The highest BCUT2D eigenvalue weighted by Gasteiger charge is 2.19. The van der Waals surface area contributed by atoms with Crippen molar-refractivity contribution in [2.75, 3.05) is 13.2 Å². The van der Waals surface area contributed by atoms with E-state index in [2.05, 4.69) is 18.8 Å². The number of aromatic nitrogens is 2. The fourth-order valence-electron chi connectivity index (χ4n) is 1.64. The first kappa shape index (κ1) is 16.5. The Labute approximate surface area is 119 Å². The van der Waals surface area contributed by atoms with E-state index in [1.807, 2.05) is 13.8 Å². The Morgan fingerprint density at radius 3 is 2.47 bits per heavy atom. The van der Waals surface area contributed by atoms with Gasteiger partial charge in [0.15, 0.2) is 5.03 Å². The van der Waals surface area contributed by atoms with Gasteiger partial charge in [0.2, 0.25) is 0 Å². The minimum Gasteiger partial charge on any atom is -0.379 e. The highest BCUT2D eigenvalue weighted by atomic mass is 35.7. The van der Waals surface area contributed by atoms with E-state index < -0.39 is 9.05 Å². The summed E-state index contributed by atoms with van der Waals surface area (Å²) in [5.41, 5.74) is 0. The average molecular weight is 309 g/mol. The molecule has 0 amide bonds. The number of ether oxygens (including phenoxy) is 1. The molecule has 7 heteroatoms. The largest absolute Gasteiger partial charge is 0.379 e. The third-order valence-corrected chi connectivity index (χ3v) is 3.65. The molecule has 5 nitrogen and oxygen atoms in total. The summed E-state index contributed by atoms with van der Waals surface area (Å²) in [5, 5.41) is -0.0956. The number of rotatable bonds is 7. The van der Waals surface area contributed by atoms with E-state index >= 15 is 0 Å². The molecule has 0 fully saturated rings. The number of hydrogen-bond donors (Lipinski definition) is 0. The van der Waals surface area contributed by atoms with Crippen LogP contribution in [0.4, 0.5) is 0 Å². The number of nitrogens with zero attached hydrogens (tertiary/aromatic N) is 2. The zero-order valence-electron chi connectivity index (χ0n) is 11.8. The van der Waals surface area contributed by atoms with Crippen molar-refractivity contribution < 1.29 is 13.2 Å². The van der Waals surface area contributed by atoms with E-state index in [0.29, 0.717) is 31.5 Å². The van der Waals surface area contributed by atoms with Crippen molar-refractivity contribution in [2.24, 2.45) is 5.92 Å². The lowest BCUT2D eigenvalue weighted by molar-refractivity contribution is 0.102. The molecule has 1 aromatic heterocycles. The monoisotopic (exact) mass is 308 g/mol. The average Bonchev–Trinajstić information content (AvgIpc) is 2.67. The summed E-state index contributed by atoms with van der Waals surface area (Å²) in [6.45, 7) is 9.85. The van der Waals surface area contributed by atoms with Gasteiger partial charge >= 0.3 is 0 Å². The summed E-state index contributed by atoms with van der Waals surface area (Å²) in [7, 11) is 1.53. The molecular weight excluding hydrogens is 288 g/mol. The zero-order chi connectivity index (χ0) is 14.6. The third kappa shape index (κ3) is 5.12. The molecule has 110 valence electrons. The van der Waals surface area contributed by atoms with Gasteiger partial charge in [-0.2, -0.15) is 0 Å². The lowest BCUT2D eigenvalue weighted by Gasteiger charge is -2.11. The van der Waals surface area contributed by atoms with Crippen LogP contribution in [0, 0.1) is 5.92 Å². The molecule has 1 rings (SSSR count). The van der Waals surface area contributed by atoms with Crippen molar-refractivity contribution in [2.45, 2.75) is 45.2 Å². The Bertz CT molecular complexity index is 509. The first-order valence-electron chi connectivity index (χ1n) is 6.31. The van der Waals surface area contributed by atoms with Gasteiger partial charge in [0.25, 0.3) is 9.05 Å². The van der Waals surface area contributed by atoms with Gasteiger partial charge in [-0.05, 0) is 5.92 Å². The van der Waals surface area contributed by atoms with Crippen LogP contribution in [0.2, 0.25) is 0 Å². The molecule has 0 bridgehead atoms. The molecule has 0 radical (unpaired) electrons. The maximum atomic E-state index is 11.3. The minimum atomic E-state index is -3.78. The highest BCUT2D eigenvalue weighted by molar-refractivity contribution is 8.13. The van der Waals surface area contributed by atoms with Gasteiger partial charge in [-0.25, -0.2) is 13.4 Å². The summed E-state index contributed by atoms with van der Waals surface area (Å²) in [4.78, 5) is 4.08. The summed E-state index contributed by atoms with van der Waals surface area (Å²) in [5.74, 6) is 1.30. The van der Waals surface area contributed by atoms with Gasteiger partial charge in [-0.1, -0.05) is 27.7 Å². The molecule has 0 saturated heterocycles. The van der Waals surface area contributed by atoms with Crippen LogP contribution in [0.15, 0.2) is 11.2 Å². The molecule has 0 spiro atoms. The second-order valence-electron chi connectivity index (χ2n) is 5.19. The summed E-state index contributed by atoms with van der Waals surface area (Å²) in [6, 6.07) is 0. The first-order valence-corrected chi connectivity index (χ1v) is 8.62. The molecule has 0 N–H and O–H groups in total. The number of hydrogen-bond acceptors (Lipinski definition) is 4. The first-order chi connectivity index (χ1) is 8.71. The van der Waals surface area contributed by atoms with Crippen molar-refractivity contribution in [1.82, 2.24) is 9.55 Å². The maximum Gasteiger partial charge on any atom is 0.280 e. The van der Waals surface area contributed by atoms with Gasteiger partial charge < -0.3 is 9.30 Å². The molecular formula is C12H21ClN2O3S. The minimum absolute atomic E-state index is 0.0956. The van der Waals surface area contributed by atoms with E-state index in [1.165, 1.54) is 6.20 Å². The Kier molecular flexibility index (Phi) is 5.82. The van der Waals surface area contributed by atoms with E-state index in [4.69, 9.17) is 15.4 Å². The van der Waals surface area contributed by atoms with Crippen molar-refractivity contribution in [1.29, 1.82) is 0 Å². The molecule has 0 aliphatic rings. The van der Waals surface area contributed by atoms with Crippen molar-refractivity contribution in [3.63, 3.8) is 0 Å². The standard InChI is InChI=1S/C12H21ClN2O3S/c1-9(2)8-18-6-5-15-7-11(19(13,16)17)14-12(15)10(3)4/h7,9-10H,5-6,8H2,1-4H3. The van der Waals surface area contributed by atoms with Crippen LogP contribution in [-0.2, 0) is 20.3 Å². The molecule has 1 heterocycles. The Hall–Kier alpha value is -0.590. The van der Waals surface area contributed by atoms with Gasteiger partial charge in [0.05, 0.1) is 6.61 Å². The van der Waals surface area contributed by atoms with Gasteiger partial charge in [0, 0.05) is 35.9 Å². The molecule has 0 unspecified atom stereocenters. The molecule has 19 heavy (non-hydrogen) atoms. The lowest BCUT2D eigenvalue weighted by atomic mass is 10.2. The lowest BCUT2D eigenvalue weighted by Crippen LogP contribution is -2.11. The normalized spacial score (nSPS) is 12.6. The molecule has 1 aromatic rings. The Balaban J connectivity index is 2.78. The molecule has 0 atom stereocenters. The van der Waals surface area contributed by atoms with Crippen LogP contribution in [0.5, 0.6) is 0 Å².